The smallest absolute Gasteiger partial charge is 0.331 e. The summed E-state index contributed by atoms with van der Waals surface area (Å²) >= 11 is 0. The van der Waals surface area contributed by atoms with Crippen molar-refractivity contribution in [2.24, 2.45) is 0 Å². The van der Waals surface area contributed by atoms with Crippen LogP contribution < -0.4 is 10.1 Å². The zero-order chi connectivity index (χ0) is 17.8. The number of nitrogens with zero attached hydrogens (tertiary/aromatic N) is 1. The molecule has 1 N–H and O–H groups in total. The minimum Gasteiger partial charge on any atom is -0.493 e. The molecule has 4 amide bonds. The number of amides is 4. The Balaban J connectivity index is 1.93. The van der Waals surface area contributed by atoms with Gasteiger partial charge < -0.3 is 9.15 Å². The number of urea groups is 1. The van der Waals surface area contributed by atoms with E-state index in [9.17, 15) is 14.4 Å². The largest absolute Gasteiger partial charge is 0.493 e. The molecule has 0 bridgehead atoms. The van der Waals surface area contributed by atoms with Crippen molar-refractivity contribution >= 4 is 23.9 Å². The Hall–Kier alpha value is -3.35. The van der Waals surface area contributed by atoms with Gasteiger partial charge in [0.1, 0.15) is 17.1 Å². The Morgan fingerprint density at radius 2 is 1.96 bits per heavy atom. The fourth-order valence-electron chi connectivity index (χ4n) is 2.44. The second kappa shape index (κ2) is 7.04. The molecule has 1 aromatic heterocycles. The molecule has 0 unspecified atom stereocenters. The van der Waals surface area contributed by atoms with E-state index in [1.54, 1.807) is 36.4 Å². The van der Waals surface area contributed by atoms with Crippen molar-refractivity contribution in [1.82, 2.24) is 10.2 Å². The van der Waals surface area contributed by atoms with Gasteiger partial charge in [-0.1, -0.05) is 18.2 Å². The summed E-state index contributed by atoms with van der Waals surface area (Å²) in [6, 6.07) is 9.56. The fraction of sp³-hybridized carbons (Fsp3) is 0.167. The van der Waals surface area contributed by atoms with Crippen LogP contribution in [0, 0.1) is 0 Å². The number of hydrogen-bond acceptors (Lipinski definition) is 5. The van der Waals surface area contributed by atoms with E-state index in [0.29, 0.717) is 23.7 Å². The molecule has 1 saturated heterocycles. The molecule has 1 fully saturated rings. The van der Waals surface area contributed by atoms with Gasteiger partial charge in [0.15, 0.2) is 0 Å². The number of para-hydroxylation sites is 1. The molecule has 7 heteroatoms. The molecule has 128 valence electrons. The Morgan fingerprint density at radius 3 is 2.68 bits per heavy atom. The van der Waals surface area contributed by atoms with E-state index in [1.807, 2.05) is 6.92 Å². The van der Waals surface area contributed by atoms with Crippen LogP contribution in [0.1, 0.15) is 18.2 Å². The van der Waals surface area contributed by atoms with Gasteiger partial charge in [0.25, 0.3) is 11.8 Å². The van der Waals surface area contributed by atoms with Crippen molar-refractivity contribution in [3.05, 3.63) is 59.6 Å². The first kappa shape index (κ1) is 16.5. The zero-order valence-electron chi connectivity index (χ0n) is 13.5. The van der Waals surface area contributed by atoms with Gasteiger partial charge in [0.05, 0.1) is 19.4 Å². The number of hydrogen-bond donors (Lipinski definition) is 1. The monoisotopic (exact) mass is 340 g/mol. The Labute approximate surface area is 143 Å². The molecule has 2 heterocycles. The van der Waals surface area contributed by atoms with Gasteiger partial charge in [-0.25, -0.2) is 4.79 Å². The van der Waals surface area contributed by atoms with E-state index in [1.165, 1.54) is 12.3 Å². The van der Waals surface area contributed by atoms with Crippen LogP contribution in [0.4, 0.5) is 4.79 Å². The van der Waals surface area contributed by atoms with E-state index in [4.69, 9.17) is 9.15 Å². The molecule has 1 aliphatic heterocycles. The summed E-state index contributed by atoms with van der Waals surface area (Å²) in [5, 5.41) is 2.17. The Bertz CT molecular complexity index is 839. The van der Waals surface area contributed by atoms with Crippen molar-refractivity contribution in [2.75, 3.05) is 6.61 Å². The molecule has 2 aromatic rings. The van der Waals surface area contributed by atoms with E-state index < -0.39 is 17.8 Å². The predicted octanol–water partition coefficient (Wildman–Crippen LogP) is 2.34. The highest BCUT2D eigenvalue weighted by atomic mass is 16.5. The lowest BCUT2D eigenvalue weighted by atomic mass is 10.1. The maximum absolute atomic E-state index is 12.6. The molecule has 25 heavy (non-hydrogen) atoms. The third-order valence-electron chi connectivity index (χ3n) is 3.60. The van der Waals surface area contributed by atoms with Crippen molar-refractivity contribution in [3.8, 4) is 5.75 Å². The number of benzene rings is 1. The fourth-order valence-corrected chi connectivity index (χ4v) is 2.44. The van der Waals surface area contributed by atoms with Gasteiger partial charge in [-0.3, -0.25) is 19.8 Å². The van der Waals surface area contributed by atoms with Gasteiger partial charge in [0, 0.05) is 5.56 Å². The highest BCUT2D eigenvalue weighted by Gasteiger charge is 2.36. The summed E-state index contributed by atoms with van der Waals surface area (Å²) in [5.74, 6) is -0.437. The summed E-state index contributed by atoms with van der Waals surface area (Å²) in [5.41, 5.74) is 0.438. The average molecular weight is 340 g/mol. The summed E-state index contributed by atoms with van der Waals surface area (Å²) < 4.78 is 10.7. The lowest BCUT2D eigenvalue weighted by molar-refractivity contribution is -0.130. The summed E-state index contributed by atoms with van der Waals surface area (Å²) in [7, 11) is 0. The maximum atomic E-state index is 12.6. The molecule has 1 aromatic carbocycles. The SMILES string of the molecule is CCOc1ccccc1C=C1C(=O)NC(=O)N(Cc2ccco2)C1=O. The number of nitrogens with one attached hydrogen (secondary N) is 1. The van der Waals surface area contributed by atoms with Crippen LogP contribution in [-0.2, 0) is 16.1 Å². The molecular formula is C18H16N2O5. The maximum Gasteiger partial charge on any atom is 0.331 e. The summed E-state index contributed by atoms with van der Waals surface area (Å²) in [4.78, 5) is 37.7. The number of rotatable bonds is 5. The Morgan fingerprint density at radius 1 is 1.16 bits per heavy atom. The third kappa shape index (κ3) is 3.45. The van der Waals surface area contributed by atoms with Gasteiger partial charge in [-0.15, -0.1) is 0 Å². The van der Waals surface area contributed by atoms with Gasteiger partial charge in [-0.2, -0.15) is 0 Å². The molecule has 0 spiro atoms. The lowest BCUT2D eigenvalue weighted by Crippen LogP contribution is -2.53. The normalized spacial score (nSPS) is 16.3. The molecular weight excluding hydrogens is 324 g/mol. The highest BCUT2D eigenvalue weighted by Crippen LogP contribution is 2.23. The lowest BCUT2D eigenvalue weighted by Gasteiger charge is -2.25. The minimum absolute atomic E-state index is 0.0601. The topological polar surface area (TPSA) is 88.8 Å². The summed E-state index contributed by atoms with van der Waals surface area (Å²) in [6.07, 6.45) is 2.87. The van der Waals surface area contributed by atoms with Crippen molar-refractivity contribution in [2.45, 2.75) is 13.5 Å². The first-order valence-corrected chi connectivity index (χ1v) is 7.73. The third-order valence-corrected chi connectivity index (χ3v) is 3.60. The number of carbonyl (C=O) groups excluding carboxylic acids is 3. The van der Waals surface area contributed by atoms with E-state index in [-0.39, 0.29) is 12.1 Å². The van der Waals surface area contributed by atoms with Crippen LogP contribution in [0.25, 0.3) is 6.08 Å². The number of barbiturate groups is 1. The first-order valence-electron chi connectivity index (χ1n) is 7.73. The van der Waals surface area contributed by atoms with E-state index in [0.717, 1.165) is 4.90 Å². The summed E-state index contributed by atoms with van der Waals surface area (Å²) in [6.45, 7) is 2.23. The number of imide groups is 2. The van der Waals surface area contributed by atoms with E-state index in [2.05, 4.69) is 5.32 Å². The van der Waals surface area contributed by atoms with Crippen molar-refractivity contribution in [1.29, 1.82) is 0 Å². The second-order valence-corrected chi connectivity index (χ2v) is 5.26. The second-order valence-electron chi connectivity index (χ2n) is 5.26. The van der Waals surface area contributed by atoms with Gasteiger partial charge in [0.2, 0.25) is 0 Å². The van der Waals surface area contributed by atoms with Crippen LogP contribution in [-0.4, -0.2) is 29.4 Å². The molecule has 0 saturated carbocycles. The molecule has 1 aliphatic rings. The quantitative estimate of drug-likeness (QED) is 0.667. The van der Waals surface area contributed by atoms with Crippen LogP contribution in [0.5, 0.6) is 5.75 Å². The molecule has 3 rings (SSSR count). The van der Waals surface area contributed by atoms with Gasteiger partial charge in [-0.05, 0) is 31.2 Å². The minimum atomic E-state index is -0.776. The number of carbonyl (C=O) groups is 3. The van der Waals surface area contributed by atoms with Crippen molar-refractivity contribution < 1.29 is 23.5 Å². The number of ether oxygens (including phenoxy) is 1. The van der Waals surface area contributed by atoms with Crippen LogP contribution in [0.2, 0.25) is 0 Å². The number of furan rings is 1. The van der Waals surface area contributed by atoms with Crippen LogP contribution >= 0.6 is 0 Å². The Kier molecular flexibility index (Phi) is 4.65. The van der Waals surface area contributed by atoms with Gasteiger partial charge >= 0.3 is 6.03 Å². The van der Waals surface area contributed by atoms with Crippen LogP contribution in [0.15, 0.2) is 52.7 Å². The zero-order valence-corrected chi connectivity index (χ0v) is 13.5. The van der Waals surface area contributed by atoms with E-state index >= 15 is 0 Å². The molecule has 7 nitrogen and oxygen atoms in total. The molecule has 0 radical (unpaired) electrons. The predicted molar refractivity (Wildman–Crippen MR) is 88.4 cm³/mol. The average Bonchev–Trinajstić information content (AvgIpc) is 3.10. The standard InChI is InChI=1S/C18H16N2O5/c1-2-24-15-8-4-3-6-12(15)10-14-16(21)19-18(23)20(17(14)22)11-13-7-5-9-25-13/h3-10H,2,11H2,1H3,(H,19,21,23). The molecule has 0 atom stereocenters. The first-order chi connectivity index (χ1) is 12.1. The van der Waals surface area contributed by atoms with Crippen molar-refractivity contribution in [3.63, 3.8) is 0 Å². The highest BCUT2D eigenvalue weighted by molar-refractivity contribution is 6.31. The molecule has 0 aliphatic carbocycles. The van der Waals surface area contributed by atoms with Crippen LogP contribution in [0.3, 0.4) is 0 Å².